The number of amides is 2. The molecule has 0 aliphatic carbocycles. The summed E-state index contributed by atoms with van der Waals surface area (Å²) in [6, 6.07) is 11.5. The van der Waals surface area contributed by atoms with Gasteiger partial charge in [0, 0.05) is 44.9 Å². The molecule has 34 heavy (non-hydrogen) atoms. The van der Waals surface area contributed by atoms with Crippen molar-refractivity contribution >= 4 is 17.5 Å². The molecular formula is C26H31N3O5. The Morgan fingerprint density at radius 2 is 1.76 bits per heavy atom. The van der Waals surface area contributed by atoms with E-state index in [0.717, 1.165) is 68.3 Å². The summed E-state index contributed by atoms with van der Waals surface area (Å²) in [4.78, 5) is 32.2. The number of piperazine rings is 1. The molecular weight excluding hydrogens is 434 g/mol. The monoisotopic (exact) mass is 465 g/mol. The van der Waals surface area contributed by atoms with Gasteiger partial charge in [0.15, 0.2) is 11.5 Å². The van der Waals surface area contributed by atoms with Crippen molar-refractivity contribution in [3.8, 4) is 11.5 Å². The summed E-state index contributed by atoms with van der Waals surface area (Å²) in [6.45, 7) is 5.02. The first kappa shape index (κ1) is 22.7. The Balaban J connectivity index is 1.28. The SMILES string of the molecule is COc1cccc(CN2CCN(c3cccc4c3C(=O)N(CC3CCCO3)C4=O)CC2)c1OC. The molecule has 5 rings (SSSR count). The molecule has 1 unspecified atom stereocenters. The molecule has 0 N–H and O–H groups in total. The summed E-state index contributed by atoms with van der Waals surface area (Å²) in [7, 11) is 3.31. The molecule has 2 fully saturated rings. The lowest BCUT2D eigenvalue weighted by Gasteiger charge is -2.37. The average molecular weight is 466 g/mol. The first-order valence-corrected chi connectivity index (χ1v) is 11.9. The van der Waals surface area contributed by atoms with Gasteiger partial charge in [-0.1, -0.05) is 18.2 Å². The van der Waals surface area contributed by atoms with Crippen LogP contribution in [0, 0.1) is 0 Å². The zero-order valence-corrected chi connectivity index (χ0v) is 19.8. The fourth-order valence-corrected chi connectivity index (χ4v) is 5.20. The second-order valence-electron chi connectivity index (χ2n) is 8.97. The Kier molecular flexibility index (Phi) is 6.43. The minimum absolute atomic E-state index is 0.0530. The number of para-hydroxylation sites is 1. The number of rotatable bonds is 7. The van der Waals surface area contributed by atoms with Crippen molar-refractivity contribution in [2.45, 2.75) is 25.5 Å². The van der Waals surface area contributed by atoms with E-state index in [1.165, 1.54) is 4.90 Å². The molecule has 0 radical (unpaired) electrons. The Labute approximate surface area is 200 Å². The molecule has 8 heteroatoms. The van der Waals surface area contributed by atoms with Crippen LogP contribution >= 0.6 is 0 Å². The molecule has 180 valence electrons. The highest BCUT2D eigenvalue weighted by molar-refractivity contribution is 6.23. The number of carbonyl (C=O) groups is 2. The summed E-state index contributed by atoms with van der Waals surface area (Å²) < 4.78 is 16.7. The molecule has 0 spiro atoms. The Bertz CT molecular complexity index is 1070. The quantitative estimate of drug-likeness (QED) is 0.583. The van der Waals surface area contributed by atoms with E-state index < -0.39 is 0 Å². The van der Waals surface area contributed by atoms with Gasteiger partial charge < -0.3 is 19.1 Å². The molecule has 3 aliphatic heterocycles. The van der Waals surface area contributed by atoms with Gasteiger partial charge in [-0.2, -0.15) is 0 Å². The van der Waals surface area contributed by atoms with Crippen LogP contribution in [-0.4, -0.2) is 81.3 Å². The van der Waals surface area contributed by atoms with E-state index >= 15 is 0 Å². The van der Waals surface area contributed by atoms with Crippen molar-refractivity contribution < 1.29 is 23.8 Å². The van der Waals surface area contributed by atoms with Gasteiger partial charge in [-0.25, -0.2) is 0 Å². The number of imide groups is 1. The van der Waals surface area contributed by atoms with Gasteiger partial charge in [-0.3, -0.25) is 19.4 Å². The molecule has 2 aromatic carbocycles. The highest BCUT2D eigenvalue weighted by Gasteiger charge is 2.40. The number of benzene rings is 2. The van der Waals surface area contributed by atoms with Crippen LogP contribution in [0.1, 0.15) is 39.1 Å². The van der Waals surface area contributed by atoms with Crippen molar-refractivity contribution in [1.29, 1.82) is 0 Å². The summed E-state index contributed by atoms with van der Waals surface area (Å²) in [5, 5.41) is 0. The third-order valence-corrected chi connectivity index (χ3v) is 6.98. The van der Waals surface area contributed by atoms with Gasteiger partial charge in [0.05, 0.1) is 43.7 Å². The zero-order valence-electron chi connectivity index (χ0n) is 19.8. The van der Waals surface area contributed by atoms with E-state index in [-0.39, 0.29) is 17.9 Å². The van der Waals surface area contributed by atoms with Crippen molar-refractivity contribution in [2.24, 2.45) is 0 Å². The number of ether oxygens (including phenoxy) is 3. The number of methoxy groups -OCH3 is 2. The lowest BCUT2D eigenvalue weighted by atomic mass is 10.1. The highest BCUT2D eigenvalue weighted by atomic mass is 16.5. The van der Waals surface area contributed by atoms with Gasteiger partial charge in [-0.05, 0) is 31.0 Å². The van der Waals surface area contributed by atoms with Gasteiger partial charge in [0.25, 0.3) is 11.8 Å². The van der Waals surface area contributed by atoms with E-state index in [4.69, 9.17) is 14.2 Å². The second kappa shape index (κ2) is 9.64. The van der Waals surface area contributed by atoms with Crippen LogP contribution in [0.25, 0.3) is 0 Å². The number of anilines is 1. The van der Waals surface area contributed by atoms with Gasteiger partial charge >= 0.3 is 0 Å². The average Bonchev–Trinajstić information content (AvgIpc) is 3.47. The van der Waals surface area contributed by atoms with Crippen molar-refractivity contribution in [3.05, 3.63) is 53.1 Å². The van der Waals surface area contributed by atoms with Crippen LogP contribution in [-0.2, 0) is 11.3 Å². The van der Waals surface area contributed by atoms with E-state index in [0.29, 0.717) is 24.3 Å². The molecule has 3 heterocycles. The number of hydrogen-bond donors (Lipinski definition) is 0. The van der Waals surface area contributed by atoms with Gasteiger partial charge in [0.1, 0.15) is 0 Å². The predicted molar refractivity (Wildman–Crippen MR) is 128 cm³/mol. The van der Waals surface area contributed by atoms with Crippen LogP contribution in [0.4, 0.5) is 5.69 Å². The molecule has 3 aliphatic rings. The second-order valence-corrected chi connectivity index (χ2v) is 8.97. The van der Waals surface area contributed by atoms with Crippen LogP contribution < -0.4 is 14.4 Å². The fourth-order valence-electron chi connectivity index (χ4n) is 5.20. The normalized spacial score (nSPS) is 20.7. The highest BCUT2D eigenvalue weighted by Crippen LogP contribution is 2.34. The third-order valence-electron chi connectivity index (χ3n) is 6.98. The van der Waals surface area contributed by atoms with Gasteiger partial charge in [-0.15, -0.1) is 0 Å². The third kappa shape index (κ3) is 4.12. The smallest absolute Gasteiger partial charge is 0.263 e. The predicted octanol–water partition coefficient (Wildman–Crippen LogP) is 2.80. The van der Waals surface area contributed by atoms with E-state index in [1.54, 1.807) is 20.3 Å². The maximum absolute atomic E-state index is 13.3. The Morgan fingerprint density at radius 1 is 0.971 bits per heavy atom. The maximum Gasteiger partial charge on any atom is 0.263 e. The largest absolute Gasteiger partial charge is 0.493 e. The standard InChI is InChI=1S/C26H31N3O5/c1-32-22-10-3-6-18(24(22)33-2)16-27-11-13-28(14-12-27)21-9-4-8-20-23(21)26(31)29(25(20)30)17-19-7-5-15-34-19/h3-4,6,8-10,19H,5,7,11-17H2,1-2H3. The number of hydrogen-bond acceptors (Lipinski definition) is 7. The molecule has 0 aromatic heterocycles. The fraction of sp³-hybridized carbons (Fsp3) is 0.462. The molecule has 2 aromatic rings. The van der Waals surface area contributed by atoms with Crippen molar-refractivity contribution in [3.63, 3.8) is 0 Å². The van der Waals surface area contributed by atoms with E-state index in [2.05, 4.69) is 15.9 Å². The van der Waals surface area contributed by atoms with Crippen LogP contribution in [0.2, 0.25) is 0 Å². The van der Waals surface area contributed by atoms with E-state index in [9.17, 15) is 9.59 Å². The van der Waals surface area contributed by atoms with Crippen molar-refractivity contribution in [1.82, 2.24) is 9.80 Å². The zero-order chi connectivity index (χ0) is 23.7. The molecule has 8 nitrogen and oxygen atoms in total. The minimum atomic E-state index is -0.207. The van der Waals surface area contributed by atoms with Crippen LogP contribution in [0.5, 0.6) is 11.5 Å². The summed E-state index contributed by atoms with van der Waals surface area (Å²) >= 11 is 0. The maximum atomic E-state index is 13.3. The Hall–Kier alpha value is -3.10. The minimum Gasteiger partial charge on any atom is -0.493 e. The van der Waals surface area contributed by atoms with Crippen molar-refractivity contribution in [2.75, 3.05) is 58.5 Å². The lowest BCUT2D eigenvalue weighted by molar-refractivity contribution is 0.0475. The first-order chi connectivity index (χ1) is 16.6. The molecule has 2 amide bonds. The summed E-state index contributed by atoms with van der Waals surface area (Å²) in [5.41, 5.74) is 2.98. The molecule has 0 saturated carbocycles. The lowest BCUT2D eigenvalue weighted by Crippen LogP contribution is -2.46. The Morgan fingerprint density at radius 3 is 2.47 bits per heavy atom. The van der Waals surface area contributed by atoms with Crippen LogP contribution in [0.15, 0.2) is 36.4 Å². The summed E-state index contributed by atoms with van der Waals surface area (Å²) in [5.74, 6) is 1.09. The summed E-state index contributed by atoms with van der Waals surface area (Å²) in [6.07, 6.45) is 1.81. The number of nitrogens with zero attached hydrogens (tertiary/aromatic N) is 3. The molecule has 2 saturated heterocycles. The van der Waals surface area contributed by atoms with E-state index in [1.807, 2.05) is 24.3 Å². The molecule has 1 atom stereocenters. The number of carbonyl (C=O) groups excluding carboxylic acids is 2. The topological polar surface area (TPSA) is 71.5 Å². The van der Waals surface area contributed by atoms with Gasteiger partial charge in [0.2, 0.25) is 0 Å². The van der Waals surface area contributed by atoms with Crippen LogP contribution in [0.3, 0.4) is 0 Å². The number of fused-ring (bicyclic) bond motifs is 1. The first-order valence-electron chi connectivity index (χ1n) is 11.9. The molecule has 0 bridgehead atoms.